The zero-order valence-electron chi connectivity index (χ0n) is 12.5. The Kier molecular flexibility index (Phi) is 4.73. The van der Waals surface area contributed by atoms with Gasteiger partial charge >= 0.3 is 0 Å². The molecule has 0 aliphatic carbocycles. The molecule has 0 aromatic heterocycles. The highest BCUT2D eigenvalue weighted by Crippen LogP contribution is 2.24. The molecule has 0 heterocycles. The maximum Gasteiger partial charge on any atom is 0.292 e. The average Bonchev–Trinajstić information content (AvgIpc) is 2.50. The molecule has 0 bridgehead atoms. The lowest BCUT2D eigenvalue weighted by molar-refractivity contribution is -0.383. The zero-order chi connectivity index (χ0) is 17.9. The molecular formula is C15H13FN4O4. The number of nitrogen functional groups attached to an aromatic ring is 1. The van der Waals surface area contributed by atoms with Crippen LogP contribution < -0.4 is 16.4 Å². The van der Waals surface area contributed by atoms with E-state index in [0.717, 1.165) is 12.1 Å². The summed E-state index contributed by atoms with van der Waals surface area (Å²) in [5, 5.41) is 15.6. The number of nitrogens with two attached hydrogens (primary N) is 1. The molecule has 0 radical (unpaired) electrons. The van der Waals surface area contributed by atoms with Crippen molar-refractivity contribution < 1.29 is 18.9 Å². The van der Waals surface area contributed by atoms with E-state index in [-0.39, 0.29) is 22.8 Å². The Bertz CT molecular complexity index is 838. The molecule has 2 aromatic rings. The van der Waals surface area contributed by atoms with Crippen LogP contribution in [0.25, 0.3) is 0 Å². The highest BCUT2D eigenvalue weighted by molar-refractivity contribution is 6.05. The van der Waals surface area contributed by atoms with Crippen LogP contribution in [-0.4, -0.2) is 16.7 Å². The highest BCUT2D eigenvalue weighted by Gasteiger charge is 2.17. The summed E-state index contributed by atoms with van der Waals surface area (Å²) in [4.78, 5) is 33.3. The van der Waals surface area contributed by atoms with Gasteiger partial charge in [-0.05, 0) is 30.3 Å². The van der Waals surface area contributed by atoms with Crippen LogP contribution in [0.4, 0.5) is 27.1 Å². The van der Waals surface area contributed by atoms with E-state index in [9.17, 15) is 24.1 Å². The van der Waals surface area contributed by atoms with Gasteiger partial charge in [-0.3, -0.25) is 19.7 Å². The van der Waals surface area contributed by atoms with Crippen LogP contribution in [-0.2, 0) is 4.79 Å². The van der Waals surface area contributed by atoms with E-state index < -0.39 is 22.3 Å². The molecule has 0 spiro atoms. The number of carbonyl (C=O) groups excluding carboxylic acids is 2. The Morgan fingerprint density at radius 2 is 1.88 bits per heavy atom. The number of halogens is 1. The first-order valence-electron chi connectivity index (χ1n) is 6.70. The molecule has 0 atom stereocenters. The number of amides is 2. The summed E-state index contributed by atoms with van der Waals surface area (Å²) >= 11 is 0. The van der Waals surface area contributed by atoms with Crippen LogP contribution in [0.3, 0.4) is 0 Å². The van der Waals surface area contributed by atoms with E-state index in [1.54, 1.807) is 0 Å². The number of nitro benzene ring substituents is 1. The van der Waals surface area contributed by atoms with Gasteiger partial charge in [-0.1, -0.05) is 0 Å². The SMILES string of the molecule is CC(=O)Nc1ccc(F)c(NC(=O)c2ccc(N)c([N+](=O)[O-])c2)c1. The lowest BCUT2D eigenvalue weighted by Crippen LogP contribution is -2.14. The predicted molar refractivity (Wildman–Crippen MR) is 86.2 cm³/mol. The summed E-state index contributed by atoms with van der Waals surface area (Å²) in [5.74, 6) is -1.83. The monoisotopic (exact) mass is 332 g/mol. The molecule has 124 valence electrons. The van der Waals surface area contributed by atoms with Gasteiger partial charge in [0.25, 0.3) is 11.6 Å². The molecular weight excluding hydrogens is 319 g/mol. The maximum absolute atomic E-state index is 13.8. The number of rotatable bonds is 4. The number of carbonyl (C=O) groups is 2. The van der Waals surface area contributed by atoms with Crippen LogP contribution in [0.2, 0.25) is 0 Å². The van der Waals surface area contributed by atoms with Gasteiger partial charge in [0.05, 0.1) is 10.6 Å². The van der Waals surface area contributed by atoms with Gasteiger partial charge in [-0.2, -0.15) is 0 Å². The summed E-state index contributed by atoms with van der Waals surface area (Å²) in [6.07, 6.45) is 0. The van der Waals surface area contributed by atoms with Crippen LogP contribution in [0.5, 0.6) is 0 Å². The topological polar surface area (TPSA) is 127 Å². The molecule has 2 aromatic carbocycles. The number of hydrogen-bond acceptors (Lipinski definition) is 5. The second-order valence-electron chi connectivity index (χ2n) is 4.86. The van der Waals surface area contributed by atoms with Crippen molar-refractivity contribution in [3.05, 3.63) is 57.9 Å². The summed E-state index contributed by atoms with van der Waals surface area (Å²) < 4.78 is 13.8. The van der Waals surface area contributed by atoms with E-state index in [1.807, 2.05) is 0 Å². The lowest BCUT2D eigenvalue weighted by Gasteiger charge is -2.09. The van der Waals surface area contributed by atoms with Gasteiger partial charge < -0.3 is 16.4 Å². The van der Waals surface area contributed by atoms with Crippen LogP contribution in [0.1, 0.15) is 17.3 Å². The number of hydrogen-bond donors (Lipinski definition) is 3. The van der Waals surface area contributed by atoms with Crippen molar-refractivity contribution in [2.75, 3.05) is 16.4 Å². The Morgan fingerprint density at radius 3 is 2.50 bits per heavy atom. The van der Waals surface area contributed by atoms with Crippen LogP contribution in [0, 0.1) is 15.9 Å². The number of nitro groups is 1. The molecule has 0 fully saturated rings. The molecule has 2 rings (SSSR count). The molecule has 9 heteroatoms. The van der Waals surface area contributed by atoms with E-state index in [2.05, 4.69) is 10.6 Å². The third-order valence-corrected chi connectivity index (χ3v) is 3.02. The molecule has 24 heavy (non-hydrogen) atoms. The van der Waals surface area contributed by atoms with Gasteiger partial charge in [-0.15, -0.1) is 0 Å². The standard InChI is InChI=1S/C15H13FN4O4/c1-8(21)18-10-3-4-11(16)13(7-10)19-15(22)9-2-5-12(17)14(6-9)20(23)24/h2-7H,17H2,1H3,(H,18,21)(H,19,22). The smallest absolute Gasteiger partial charge is 0.292 e. The normalized spacial score (nSPS) is 10.1. The number of nitrogens with one attached hydrogen (secondary N) is 2. The van der Waals surface area contributed by atoms with E-state index in [0.29, 0.717) is 5.69 Å². The largest absolute Gasteiger partial charge is 0.393 e. The molecule has 8 nitrogen and oxygen atoms in total. The lowest BCUT2D eigenvalue weighted by atomic mass is 10.1. The fourth-order valence-electron chi connectivity index (χ4n) is 1.94. The van der Waals surface area contributed by atoms with Crippen molar-refractivity contribution >= 4 is 34.6 Å². The quantitative estimate of drug-likeness (QED) is 0.450. The van der Waals surface area contributed by atoms with Gasteiger partial charge in [0, 0.05) is 24.2 Å². The molecule has 4 N–H and O–H groups in total. The first-order chi connectivity index (χ1) is 11.3. The van der Waals surface area contributed by atoms with Crippen molar-refractivity contribution in [2.24, 2.45) is 0 Å². The Morgan fingerprint density at radius 1 is 1.17 bits per heavy atom. The molecule has 0 saturated carbocycles. The van der Waals surface area contributed by atoms with E-state index >= 15 is 0 Å². The minimum Gasteiger partial charge on any atom is -0.393 e. The summed E-state index contributed by atoms with van der Waals surface area (Å²) in [6.45, 7) is 1.29. The third kappa shape index (κ3) is 3.83. The second kappa shape index (κ2) is 6.73. The molecule has 0 aliphatic rings. The first-order valence-corrected chi connectivity index (χ1v) is 6.70. The molecule has 0 saturated heterocycles. The van der Waals surface area contributed by atoms with Gasteiger partial charge in [0.15, 0.2) is 0 Å². The molecule has 0 unspecified atom stereocenters. The Balaban J connectivity index is 2.28. The minimum absolute atomic E-state index is 0.0553. The summed E-state index contributed by atoms with van der Waals surface area (Å²) in [5.41, 5.74) is 5.01. The summed E-state index contributed by atoms with van der Waals surface area (Å²) in [6, 6.07) is 7.15. The van der Waals surface area contributed by atoms with E-state index in [4.69, 9.17) is 5.73 Å². The van der Waals surface area contributed by atoms with Crippen molar-refractivity contribution in [2.45, 2.75) is 6.92 Å². The van der Waals surface area contributed by atoms with Gasteiger partial charge in [-0.25, -0.2) is 4.39 Å². The second-order valence-corrected chi connectivity index (χ2v) is 4.86. The van der Waals surface area contributed by atoms with Crippen LogP contribution in [0.15, 0.2) is 36.4 Å². The summed E-state index contributed by atoms with van der Waals surface area (Å²) in [7, 11) is 0. The predicted octanol–water partition coefficient (Wildman–Crippen LogP) is 2.53. The van der Waals surface area contributed by atoms with Crippen molar-refractivity contribution in [1.29, 1.82) is 0 Å². The Hall–Kier alpha value is -3.49. The number of anilines is 3. The average molecular weight is 332 g/mol. The fourth-order valence-corrected chi connectivity index (χ4v) is 1.94. The van der Waals surface area contributed by atoms with Crippen molar-refractivity contribution in [3.8, 4) is 0 Å². The van der Waals surface area contributed by atoms with Crippen LogP contribution >= 0.6 is 0 Å². The Labute approximate surface area is 135 Å². The molecule has 2 amide bonds. The minimum atomic E-state index is -0.753. The number of benzene rings is 2. The first kappa shape index (κ1) is 16.9. The number of nitrogens with zero attached hydrogens (tertiary/aromatic N) is 1. The molecule has 0 aliphatic heterocycles. The highest BCUT2D eigenvalue weighted by atomic mass is 19.1. The van der Waals surface area contributed by atoms with Gasteiger partial charge in [0.2, 0.25) is 5.91 Å². The van der Waals surface area contributed by atoms with Crippen molar-refractivity contribution in [3.63, 3.8) is 0 Å². The van der Waals surface area contributed by atoms with E-state index in [1.165, 1.54) is 31.2 Å². The fraction of sp³-hybridized carbons (Fsp3) is 0.0667. The zero-order valence-corrected chi connectivity index (χ0v) is 12.5. The van der Waals surface area contributed by atoms with Crippen molar-refractivity contribution in [1.82, 2.24) is 0 Å². The third-order valence-electron chi connectivity index (χ3n) is 3.02. The van der Waals surface area contributed by atoms with Gasteiger partial charge in [0.1, 0.15) is 11.5 Å². The maximum atomic E-state index is 13.8.